The summed E-state index contributed by atoms with van der Waals surface area (Å²) >= 11 is 0. The number of benzene rings is 1. The van der Waals surface area contributed by atoms with Gasteiger partial charge in [-0.3, -0.25) is 4.79 Å². The van der Waals surface area contributed by atoms with Crippen LogP contribution in [0.4, 0.5) is 0 Å². The number of aryl methyl sites for hydroxylation is 1. The van der Waals surface area contributed by atoms with Crippen molar-refractivity contribution in [2.75, 3.05) is 12.8 Å². The van der Waals surface area contributed by atoms with Gasteiger partial charge in [0.25, 0.3) is 0 Å². The average Bonchev–Trinajstić information content (AvgIpc) is 2.22. The molecular weight excluding hydrogens is 254 g/mol. The number of nitrogens with two attached hydrogens (primary N) is 1. The van der Waals surface area contributed by atoms with E-state index in [2.05, 4.69) is 0 Å². The summed E-state index contributed by atoms with van der Waals surface area (Å²) in [5.41, 5.74) is 7.42. The topological polar surface area (TPSA) is 97.5 Å². The van der Waals surface area contributed by atoms with Crippen molar-refractivity contribution in [3.05, 3.63) is 28.8 Å². The SMILES string of the molecule is Cc1cc(S(C)(=O)=O)cc(C(CN)C(=O)O)c1C. The van der Waals surface area contributed by atoms with E-state index in [1.165, 1.54) is 6.07 Å². The zero-order valence-corrected chi connectivity index (χ0v) is 11.4. The Bertz CT molecular complexity index is 578. The van der Waals surface area contributed by atoms with Gasteiger partial charge in [0.05, 0.1) is 10.8 Å². The molecule has 0 radical (unpaired) electrons. The van der Waals surface area contributed by atoms with Crippen LogP contribution >= 0.6 is 0 Å². The maximum absolute atomic E-state index is 11.6. The van der Waals surface area contributed by atoms with Gasteiger partial charge in [-0.25, -0.2) is 8.42 Å². The van der Waals surface area contributed by atoms with Crippen molar-refractivity contribution in [2.24, 2.45) is 5.73 Å². The standard InChI is InChI=1S/C12H17NO4S/c1-7-4-9(18(3,16)17)5-10(8(7)2)11(6-13)12(14)15/h4-5,11H,6,13H2,1-3H3,(H,14,15). The second kappa shape index (κ2) is 5.07. The van der Waals surface area contributed by atoms with Gasteiger partial charge in [-0.2, -0.15) is 0 Å². The fourth-order valence-electron chi connectivity index (χ4n) is 1.79. The van der Waals surface area contributed by atoms with E-state index in [1.807, 2.05) is 0 Å². The Kier molecular flexibility index (Phi) is 4.13. The van der Waals surface area contributed by atoms with Crippen LogP contribution in [0.2, 0.25) is 0 Å². The molecule has 1 atom stereocenters. The number of carboxylic acid groups (broad SMARTS) is 1. The summed E-state index contributed by atoms with van der Waals surface area (Å²) in [6.07, 6.45) is 1.10. The van der Waals surface area contributed by atoms with Crippen LogP contribution in [0, 0.1) is 13.8 Å². The number of aliphatic carboxylic acids is 1. The lowest BCUT2D eigenvalue weighted by atomic mass is 9.92. The minimum absolute atomic E-state index is 0.0666. The van der Waals surface area contributed by atoms with Crippen LogP contribution in [0.1, 0.15) is 22.6 Å². The van der Waals surface area contributed by atoms with Crippen LogP contribution in [0.5, 0.6) is 0 Å². The van der Waals surface area contributed by atoms with Crippen molar-refractivity contribution in [3.8, 4) is 0 Å². The van der Waals surface area contributed by atoms with E-state index in [4.69, 9.17) is 10.8 Å². The third-order valence-corrected chi connectivity index (χ3v) is 4.11. The molecule has 0 spiro atoms. The smallest absolute Gasteiger partial charge is 0.312 e. The normalized spacial score (nSPS) is 13.3. The summed E-state index contributed by atoms with van der Waals surface area (Å²) in [7, 11) is -3.37. The summed E-state index contributed by atoms with van der Waals surface area (Å²) in [6, 6.07) is 2.95. The van der Waals surface area contributed by atoms with E-state index in [0.29, 0.717) is 5.56 Å². The van der Waals surface area contributed by atoms with E-state index in [1.54, 1.807) is 19.9 Å². The van der Waals surface area contributed by atoms with Gasteiger partial charge < -0.3 is 10.8 Å². The van der Waals surface area contributed by atoms with Crippen LogP contribution < -0.4 is 5.73 Å². The predicted molar refractivity (Wildman–Crippen MR) is 68.5 cm³/mol. The van der Waals surface area contributed by atoms with Crippen LogP contribution in [0.3, 0.4) is 0 Å². The lowest BCUT2D eigenvalue weighted by Gasteiger charge is -2.16. The molecule has 0 aromatic heterocycles. The molecular formula is C12H17NO4S. The molecule has 0 aliphatic heterocycles. The Hall–Kier alpha value is -1.40. The zero-order chi connectivity index (χ0) is 14.1. The zero-order valence-electron chi connectivity index (χ0n) is 10.6. The first-order valence-corrected chi connectivity index (χ1v) is 7.31. The Morgan fingerprint density at radius 2 is 1.94 bits per heavy atom. The molecule has 1 aromatic rings. The molecule has 0 fully saturated rings. The maximum Gasteiger partial charge on any atom is 0.312 e. The van der Waals surface area contributed by atoms with Gasteiger partial charge in [0.1, 0.15) is 0 Å². The van der Waals surface area contributed by atoms with E-state index in [0.717, 1.165) is 17.4 Å². The lowest BCUT2D eigenvalue weighted by Crippen LogP contribution is -2.22. The fourth-order valence-corrected chi connectivity index (χ4v) is 2.52. The second-order valence-corrected chi connectivity index (χ2v) is 6.37. The highest BCUT2D eigenvalue weighted by molar-refractivity contribution is 7.90. The van der Waals surface area contributed by atoms with Crippen molar-refractivity contribution in [1.29, 1.82) is 0 Å². The molecule has 5 nitrogen and oxygen atoms in total. The molecule has 0 heterocycles. The number of hydrogen-bond donors (Lipinski definition) is 2. The van der Waals surface area contributed by atoms with E-state index in [-0.39, 0.29) is 11.4 Å². The first kappa shape index (κ1) is 14.7. The van der Waals surface area contributed by atoms with Gasteiger partial charge in [-0.1, -0.05) is 0 Å². The maximum atomic E-state index is 11.6. The van der Waals surface area contributed by atoms with E-state index in [9.17, 15) is 13.2 Å². The van der Waals surface area contributed by atoms with E-state index < -0.39 is 21.7 Å². The second-order valence-electron chi connectivity index (χ2n) is 4.35. The molecule has 0 aliphatic rings. The first-order chi connectivity index (χ1) is 8.18. The predicted octanol–water partition coefficient (Wildman–Crippen LogP) is 0.834. The first-order valence-electron chi connectivity index (χ1n) is 5.42. The third-order valence-electron chi connectivity index (χ3n) is 3.02. The quantitative estimate of drug-likeness (QED) is 0.845. The molecule has 0 amide bonds. The van der Waals surface area contributed by atoms with Crippen LogP contribution in [0.25, 0.3) is 0 Å². The average molecular weight is 271 g/mol. The molecule has 1 aromatic carbocycles. The number of carboxylic acids is 1. The third kappa shape index (κ3) is 2.88. The molecule has 3 N–H and O–H groups in total. The fraction of sp³-hybridized carbons (Fsp3) is 0.417. The highest BCUT2D eigenvalue weighted by Crippen LogP contribution is 2.26. The van der Waals surface area contributed by atoms with Gasteiger partial charge in [0.2, 0.25) is 0 Å². The van der Waals surface area contributed by atoms with Crippen LogP contribution in [-0.4, -0.2) is 32.3 Å². The lowest BCUT2D eigenvalue weighted by molar-refractivity contribution is -0.138. The van der Waals surface area contributed by atoms with Gasteiger partial charge in [0, 0.05) is 12.8 Å². The molecule has 0 saturated heterocycles. The summed E-state index contributed by atoms with van der Waals surface area (Å²) in [4.78, 5) is 11.3. The minimum atomic E-state index is -3.37. The molecule has 100 valence electrons. The molecule has 18 heavy (non-hydrogen) atoms. The summed E-state index contributed by atoms with van der Waals surface area (Å²) in [5.74, 6) is -1.93. The number of carbonyl (C=O) groups is 1. The molecule has 6 heteroatoms. The summed E-state index contributed by atoms with van der Waals surface area (Å²) in [6.45, 7) is 3.45. The number of sulfone groups is 1. The van der Waals surface area contributed by atoms with Crippen molar-refractivity contribution in [3.63, 3.8) is 0 Å². The largest absolute Gasteiger partial charge is 0.481 e. The summed E-state index contributed by atoms with van der Waals surface area (Å²) in [5, 5.41) is 9.11. The van der Waals surface area contributed by atoms with Gasteiger partial charge in [0.15, 0.2) is 9.84 Å². The molecule has 0 aliphatic carbocycles. The van der Waals surface area contributed by atoms with Crippen LogP contribution in [-0.2, 0) is 14.6 Å². The monoisotopic (exact) mass is 271 g/mol. The van der Waals surface area contributed by atoms with Crippen molar-refractivity contribution >= 4 is 15.8 Å². The summed E-state index contributed by atoms with van der Waals surface area (Å²) < 4.78 is 23.1. The van der Waals surface area contributed by atoms with Gasteiger partial charge >= 0.3 is 5.97 Å². The van der Waals surface area contributed by atoms with Gasteiger partial charge in [-0.05, 0) is 42.7 Å². The molecule has 1 unspecified atom stereocenters. The molecule has 0 saturated carbocycles. The minimum Gasteiger partial charge on any atom is -0.481 e. The Labute approximate surface area is 107 Å². The number of hydrogen-bond acceptors (Lipinski definition) is 4. The Morgan fingerprint density at radius 3 is 2.33 bits per heavy atom. The highest BCUT2D eigenvalue weighted by Gasteiger charge is 2.23. The molecule has 1 rings (SSSR count). The van der Waals surface area contributed by atoms with Crippen LogP contribution in [0.15, 0.2) is 17.0 Å². The highest BCUT2D eigenvalue weighted by atomic mass is 32.2. The van der Waals surface area contributed by atoms with Gasteiger partial charge in [-0.15, -0.1) is 0 Å². The van der Waals surface area contributed by atoms with E-state index >= 15 is 0 Å². The number of rotatable bonds is 4. The molecule has 0 bridgehead atoms. The van der Waals surface area contributed by atoms with Crippen molar-refractivity contribution in [2.45, 2.75) is 24.7 Å². The Balaban J connectivity index is 3.53. The van der Waals surface area contributed by atoms with Crippen molar-refractivity contribution < 1.29 is 18.3 Å². The van der Waals surface area contributed by atoms with Crippen molar-refractivity contribution in [1.82, 2.24) is 0 Å². The Morgan fingerprint density at radius 1 is 1.39 bits per heavy atom.